The van der Waals surface area contributed by atoms with Gasteiger partial charge < -0.3 is 9.84 Å². The molecule has 160 valence electrons. The van der Waals surface area contributed by atoms with Crippen LogP contribution in [0, 0.1) is 0 Å². The Balaban J connectivity index is 1.76. The lowest BCUT2D eigenvalue weighted by atomic mass is 10.0. The van der Waals surface area contributed by atoms with Crippen LogP contribution in [0.15, 0.2) is 58.2 Å². The molecule has 2 heterocycles. The van der Waals surface area contributed by atoms with Crippen molar-refractivity contribution >= 4 is 15.9 Å². The summed E-state index contributed by atoms with van der Waals surface area (Å²) >= 11 is 0. The molecule has 0 radical (unpaired) electrons. The zero-order chi connectivity index (χ0) is 21.7. The molecule has 2 unspecified atom stereocenters. The van der Waals surface area contributed by atoms with Gasteiger partial charge in [-0.3, -0.25) is 9.48 Å². The molecule has 2 N–H and O–H groups in total. The fraction of sp³-hybridized carbons (Fsp3) is 0.350. The van der Waals surface area contributed by atoms with Crippen molar-refractivity contribution in [1.82, 2.24) is 25.0 Å². The van der Waals surface area contributed by atoms with Gasteiger partial charge in [-0.25, -0.2) is 13.1 Å². The Morgan fingerprint density at radius 1 is 1.27 bits per heavy atom. The zero-order valence-electron chi connectivity index (χ0n) is 17.1. The minimum atomic E-state index is -3.77. The number of nitrogens with zero attached hydrogens (tertiary/aromatic N) is 3. The molecule has 9 nitrogen and oxygen atoms in total. The average Bonchev–Trinajstić information content (AvgIpc) is 3.41. The average molecular weight is 432 g/mol. The first kappa shape index (κ1) is 21.7. The van der Waals surface area contributed by atoms with Crippen LogP contribution in [0.5, 0.6) is 0 Å². The van der Waals surface area contributed by atoms with Gasteiger partial charge in [0.2, 0.25) is 15.8 Å². The van der Waals surface area contributed by atoms with E-state index in [1.807, 2.05) is 44.2 Å². The minimum Gasteiger partial charge on any atom is -0.351 e. The number of aromatic nitrogens is 3. The van der Waals surface area contributed by atoms with E-state index < -0.39 is 22.0 Å². The minimum absolute atomic E-state index is 0.0423. The second-order valence-corrected chi connectivity index (χ2v) is 8.83. The fourth-order valence-corrected chi connectivity index (χ4v) is 3.85. The van der Waals surface area contributed by atoms with E-state index in [4.69, 9.17) is 4.52 Å². The molecule has 0 saturated heterocycles. The summed E-state index contributed by atoms with van der Waals surface area (Å²) in [5.74, 6) is -0.209. The molecule has 1 amide bonds. The molecule has 3 aromatic rings. The zero-order valence-corrected chi connectivity index (χ0v) is 17.9. The summed E-state index contributed by atoms with van der Waals surface area (Å²) in [6.07, 6.45) is 3.54. The van der Waals surface area contributed by atoms with E-state index in [-0.39, 0.29) is 23.1 Å². The number of hydrogen-bond donors (Lipinski definition) is 2. The Morgan fingerprint density at radius 2 is 2.00 bits per heavy atom. The van der Waals surface area contributed by atoms with Crippen LogP contribution in [0.1, 0.15) is 54.0 Å². The highest BCUT2D eigenvalue weighted by Crippen LogP contribution is 2.19. The van der Waals surface area contributed by atoms with Crippen molar-refractivity contribution in [3.8, 4) is 0 Å². The van der Waals surface area contributed by atoms with Crippen LogP contribution >= 0.6 is 0 Å². The molecular weight excluding hydrogens is 406 g/mol. The number of amides is 1. The van der Waals surface area contributed by atoms with Crippen LogP contribution in [0.2, 0.25) is 0 Å². The third kappa shape index (κ3) is 5.14. The number of nitrogens with one attached hydrogen (secondary N) is 2. The van der Waals surface area contributed by atoms with Crippen LogP contribution in [0.4, 0.5) is 0 Å². The molecule has 0 bridgehead atoms. The maximum absolute atomic E-state index is 12.7. The van der Waals surface area contributed by atoms with Gasteiger partial charge in [-0.05, 0) is 12.0 Å². The van der Waals surface area contributed by atoms with Crippen LogP contribution in [-0.2, 0) is 17.1 Å². The van der Waals surface area contributed by atoms with Gasteiger partial charge in [-0.2, -0.15) is 5.10 Å². The van der Waals surface area contributed by atoms with Crippen LogP contribution in [0.3, 0.4) is 0 Å². The number of sulfonamides is 1. The highest BCUT2D eigenvalue weighted by molar-refractivity contribution is 7.89. The molecular formula is C20H25N5O4S. The quantitative estimate of drug-likeness (QED) is 0.537. The summed E-state index contributed by atoms with van der Waals surface area (Å²) in [5.41, 5.74) is 1.46. The molecule has 0 fully saturated rings. The van der Waals surface area contributed by atoms with Gasteiger partial charge in [-0.1, -0.05) is 49.3 Å². The summed E-state index contributed by atoms with van der Waals surface area (Å²) in [5, 5.41) is 10.7. The third-order valence-electron chi connectivity index (χ3n) is 4.85. The van der Waals surface area contributed by atoms with Crippen LogP contribution in [-0.4, -0.2) is 35.8 Å². The van der Waals surface area contributed by atoms with Crippen molar-refractivity contribution in [2.24, 2.45) is 7.05 Å². The van der Waals surface area contributed by atoms with E-state index in [0.29, 0.717) is 5.69 Å². The summed E-state index contributed by atoms with van der Waals surface area (Å²) in [4.78, 5) is 12.8. The Morgan fingerprint density at radius 3 is 2.63 bits per heavy atom. The summed E-state index contributed by atoms with van der Waals surface area (Å²) < 4.78 is 34.2. The van der Waals surface area contributed by atoms with Gasteiger partial charge in [0.15, 0.2) is 0 Å². The standard InChI is InChI=1S/C20H25N5O4S/c1-4-14(2)17-10-19(29-24-17)20(26)23-18(15-8-6-5-7-9-15)12-22-30(27,28)16-11-21-25(3)13-16/h5-11,13-14,18,22H,4,12H2,1-3H3,(H,23,26). The van der Waals surface area contributed by atoms with Gasteiger partial charge in [0.25, 0.3) is 5.91 Å². The first-order chi connectivity index (χ1) is 14.3. The number of carbonyl (C=O) groups is 1. The molecule has 0 spiro atoms. The largest absolute Gasteiger partial charge is 0.351 e. The second-order valence-electron chi connectivity index (χ2n) is 7.06. The number of aryl methyl sites for hydroxylation is 1. The van der Waals surface area contributed by atoms with Crippen molar-refractivity contribution < 1.29 is 17.7 Å². The molecule has 0 aliphatic heterocycles. The smallest absolute Gasteiger partial charge is 0.290 e. The SMILES string of the molecule is CCC(C)c1cc(C(=O)NC(CNS(=O)(=O)c2cnn(C)c2)c2ccccc2)on1. The molecule has 0 saturated carbocycles. The number of carbonyl (C=O) groups excluding carboxylic acids is 1. The van der Waals surface area contributed by atoms with Gasteiger partial charge in [0.1, 0.15) is 4.90 Å². The Labute approximate surface area is 175 Å². The van der Waals surface area contributed by atoms with E-state index in [9.17, 15) is 13.2 Å². The molecule has 1 aromatic carbocycles. The van der Waals surface area contributed by atoms with Gasteiger partial charge in [0.05, 0.1) is 17.9 Å². The second kappa shape index (κ2) is 9.23. The molecule has 3 rings (SSSR count). The first-order valence-corrected chi connectivity index (χ1v) is 11.1. The molecule has 0 aliphatic rings. The highest BCUT2D eigenvalue weighted by Gasteiger charge is 2.23. The molecule has 0 aliphatic carbocycles. The monoisotopic (exact) mass is 431 g/mol. The van der Waals surface area contributed by atoms with Crippen LogP contribution < -0.4 is 10.0 Å². The Hall–Kier alpha value is -2.98. The van der Waals surface area contributed by atoms with Gasteiger partial charge in [0, 0.05) is 31.8 Å². The molecule has 2 aromatic heterocycles. The van der Waals surface area contributed by atoms with Crippen molar-refractivity contribution in [2.75, 3.05) is 6.54 Å². The van der Waals surface area contributed by atoms with Crippen molar-refractivity contribution in [3.63, 3.8) is 0 Å². The van der Waals surface area contributed by atoms with E-state index in [1.165, 1.54) is 17.1 Å². The van der Waals surface area contributed by atoms with Crippen molar-refractivity contribution in [3.05, 3.63) is 65.8 Å². The molecule has 2 atom stereocenters. The maximum atomic E-state index is 12.7. The Bertz CT molecular complexity index is 1090. The predicted octanol–water partition coefficient (Wildman–Crippen LogP) is 2.37. The maximum Gasteiger partial charge on any atom is 0.290 e. The highest BCUT2D eigenvalue weighted by atomic mass is 32.2. The number of benzene rings is 1. The van der Waals surface area contributed by atoms with E-state index >= 15 is 0 Å². The normalized spacial score (nSPS) is 13.7. The van der Waals surface area contributed by atoms with Crippen molar-refractivity contribution in [2.45, 2.75) is 37.1 Å². The molecule has 10 heteroatoms. The predicted molar refractivity (Wildman–Crippen MR) is 110 cm³/mol. The summed E-state index contributed by atoms with van der Waals surface area (Å²) in [7, 11) is -2.14. The lowest BCUT2D eigenvalue weighted by molar-refractivity contribution is 0.0899. The van der Waals surface area contributed by atoms with E-state index in [1.54, 1.807) is 13.1 Å². The first-order valence-electron chi connectivity index (χ1n) is 9.61. The van der Waals surface area contributed by atoms with E-state index in [2.05, 4.69) is 20.3 Å². The van der Waals surface area contributed by atoms with Gasteiger partial charge >= 0.3 is 0 Å². The topological polar surface area (TPSA) is 119 Å². The van der Waals surface area contributed by atoms with Crippen LogP contribution in [0.25, 0.3) is 0 Å². The third-order valence-corrected chi connectivity index (χ3v) is 6.22. The lowest BCUT2D eigenvalue weighted by Gasteiger charge is -2.19. The Kier molecular flexibility index (Phi) is 6.68. The number of rotatable bonds is 9. The summed E-state index contributed by atoms with van der Waals surface area (Å²) in [6.45, 7) is 3.98. The van der Waals surface area contributed by atoms with Crippen molar-refractivity contribution in [1.29, 1.82) is 0 Å². The van der Waals surface area contributed by atoms with E-state index in [0.717, 1.165) is 12.0 Å². The lowest BCUT2D eigenvalue weighted by Crippen LogP contribution is -2.37. The molecule has 30 heavy (non-hydrogen) atoms. The summed E-state index contributed by atoms with van der Waals surface area (Å²) in [6, 6.07) is 10.1. The van der Waals surface area contributed by atoms with Gasteiger partial charge in [-0.15, -0.1) is 0 Å². The number of hydrogen-bond acceptors (Lipinski definition) is 6. The fourth-order valence-electron chi connectivity index (χ4n) is 2.82.